The first-order valence-electron chi connectivity index (χ1n) is 15.5. The first kappa shape index (κ1) is 31.9. The number of halogens is 1. The largest absolute Gasteiger partial charge is 0.490 e. The van der Waals surface area contributed by atoms with Crippen molar-refractivity contribution in [3.05, 3.63) is 70.3 Å². The van der Waals surface area contributed by atoms with Gasteiger partial charge in [0.05, 0.1) is 23.1 Å². The van der Waals surface area contributed by atoms with Crippen LogP contribution in [0.15, 0.2) is 48.6 Å². The van der Waals surface area contributed by atoms with Gasteiger partial charge >= 0.3 is 0 Å². The van der Waals surface area contributed by atoms with E-state index in [1.54, 1.807) is 33.1 Å². The van der Waals surface area contributed by atoms with Crippen LogP contribution in [0.4, 0.5) is 5.69 Å². The van der Waals surface area contributed by atoms with Crippen molar-refractivity contribution in [2.75, 3.05) is 31.7 Å². The number of benzene rings is 2. The topological polar surface area (TPSA) is 84.9 Å². The molecule has 1 aliphatic heterocycles. The Labute approximate surface area is 262 Å². The molecule has 9 heteroatoms. The maximum Gasteiger partial charge on any atom is 0.264 e. The van der Waals surface area contributed by atoms with Gasteiger partial charge in [-0.05, 0) is 113 Å². The molecule has 1 spiro atoms. The number of methoxy groups -OCH3 is 1. The molecule has 2 aliphatic carbocycles. The summed E-state index contributed by atoms with van der Waals surface area (Å²) in [6, 6.07) is 11.5. The predicted octanol–water partition coefficient (Wildman–Crippen LogP) is 6.68. The number of carbonyl (C=O) groups excluding carboxylic acids is 1. The highest BCUT2D eigenvalue weighted by Gasteiger charge is 2.47. The van der Waals surface area contributed by atoms with E-state index in [-0.39, 0.29) is 11.0 Å². The molecular formula is C34H45ClN2O5S. The normalized spacial score (nSPS) is 25.0. The second-order valence-electron chi connectivity index (χ2n) is 13.0. The van der Waals surface area contributed by atoms with Crippen LogP contribution in [-0.4, -0.2) is 52.0 Å². The molecular weight excluding hydrogens is 584 g/mol. The van der Waals surface area contributed by atoms with E-state index < -0.39 is 21.2 Å². The summed E-state index contributed by atoms with van der Waals surface area (Å²) < 4.78 is 39.9. The number of nitrogens with zero attached hydrogens (tertiary/aromatic N) is 1. The SMILES string of the molecule is CC/C=C/[C@](C)(OC)C1CCC1CN1C[C@@]2(CCCc3cc(Cl)ccc32)COc2ccc(C(=O)NS(=O)(=O)C(C)C)cc21. The molecule has 1 amide bonds. The third-order valence-corrected chi connectivity index (χ3v) is 11.8. The molecule has 1 saturated carbocycles. The lowest BCUT2D eigenvalue weighted by atomic mass is 9.64. The molecule has 1 heterocycles. The molecule has 5 rings (SSSR count). The summed E-state index contributed by atoms with van der Waals surface area (Å²) in [5, 5.41) is 0.0259. The highest BCUT2D eigenvalue weighted by atomic mass is 35.5. The Morgan fingerprint density at radius 1 is 1.26 bits per heavy atom. The third-order valence-electron chi connectivity index (χ3n) is 9.89. The first-order valence-corrected chi connectivity index (χ1v) is 17.4. The number of hydrogen-bond donors (Lipinski definition) is 1. The monoisotopic (exact) mass is 628 g/mol. The number of rotatable bonds is 9. The number of hydrogen-bond acceptors (Lipinski definition) is 6. The van der Waals surface area contributed by atoms with Crippen LogP contribution >= 0.6 is 11.6 Å². The Morgan fingerprint density at radius 2 is 2.05 bits per heavy atom. The fourth-order valence-electron chi connectivity index (χ4n) is 7.08. The van der Waals surface area contributed by atoms with Crippen LogP contribution in [0, 0.1) is 11.8 Å². The smallest absolute Gasteiger partial charge is 0.264 e. The van der Waals surface area contributed by atoms with E-state index in [0.717, 1.165) is 62.3 Å². The van der Waals surface area contributed by atoms with Gasteiger partial charge in [0.15, 0.2) is 0 Å². The molecule has 4 atom stereocenters. The number of nitrogens with one attached hydrogen (secondary N) is 1. The first-order chi connectivity index (χ1) is 20.4. The molecule has 2 aromatic rings. The van der Waals surface area contributed by atoms with Gasteiger partial charge in [-0.1, -0.05) is 36.7 Å². The van der Waals surface area contributed by atoms with E-state index in [4.69, 9.17) is 21.1 Å². The zero-order valence-electron chi connectivity index (χ0n) is 26.0. The number of amides is 1. The number of allylic oxidation sites excluding steroid dienone is 1. The molecule has 2 aromatic carbocycles. The molecule has 43 heavy (non-hydrogen) atoms. The lowest BCUT2D eigenvalue weighted by Gasteiger charge is -2.49. The highest BCUT2D eigenvalue weighted by molar-refractivity contribution is 7.90. The van der Waals surface area contributed by atoms with Crippen LogP contribution in [0.25, 0.3) is 0 Å². The standard InChI is InChI=1S/C34H45ClN2O5S/c1-6-7-16-33(4,41-5)28-13-10-26(28)20-37-21-34(17-8-9-24-18-27(35)12-14-29(24)34)22-42-31-15-11-25(19-30(31)37)32(38)36-43(39,40)23(2)3/h7,11-12,14-16,18-19,23,26,28H,6,8-10,13,17,20-22H2,1-5H3,(H,36,38)/b16-7+/t26?,28?,33-,34-/m0/s1. The number of aryl methyl sites for hydroxylation is 1. The van der Waals surface area contributed by atoms with Crippen LogP contribution in [0.5, 0.6) is 5.75 Å². The summed E-state index contributed by atoms with van der Waals surface area (Å²) >= 11 is 6.41. The van der Waals surface area contributed by atoms with Crippen LogP contribution in [0.2, 0.25) is 5.02 Å². The predicted molar refractivity (Wildman–Crippen MR) is 173 cm³/mol. The van der Waals surface area contributed by atoms with E-state index in [0.29, 0.717) is 29.8 Å². The summed E-state index contributed by atoms with van der Waals surface area (Å²) in [7, 11) is -1.98. The van der Waals surface area contributed by atoms with Gasteiger partial charge in [0, 0.05) is 36.2 Å². The van der Waals surface area contributed by atoms with Gasteiger partial charge in [0.1, 0.15) is 5.75 Å². The van der Waals surface area contributed by atoms with Gasteiger partial charge in [0.2, 0.25) is 10.0 Å². The van der Waals surface area contributed by atoms with Crippen LogP contribution in [-0.2, 0) is 26.6 Å². The Balaban J connectivity index is 1.53. The van der Waals surface area contributed by atoms with Crippen LogP contribution in [0.1, 0.15) is 81.3 Å². The highest BCUT2D eigenvalue weighted by Crippen LogP contribution is 2.48. The van der Waals surface area contributed by atoms with E-state index in [2.05, 4.69) is 47.8 Å². The van der Waals surface area contributed by atoms with Gasteiger partial charge < -0.3 is 14.4 Å². The molecule has 1 fully saturated rings. The molecule has 0 bridgehead atoms. The Morgan fingerprint density at radius 3 is 2.72 bits per heavy atom. The molecule has 0 aromatic heterocycles. The molecule has 2 unspecified atom stereocenters. The Bertz CT molecular complexity index is 1490. The lowest BCUT2D eigenvalue weighted by molar-refractivity contribution is -0.0621. The number of sulfonamides is 1. The van der Waals surface area contributed by atoms with Crippen molar-refractivity contribution in [1.82, 2.24) is 4.72 Å². The minimum Gasteiger partial charge on any atom is -0.490 e. The maximum atomic E-state index is 13.2. The fraction of sp³-hybridized carbons (Fsp3) is 0.559. The van der Waals surface area contributed by atoms with E-state index in [1.165, 1.54) is 11.1 Å². The van der Waals surface area contributed by atoms with Gasteiger partial charge in [-0.25, -0.2) is 13.1 Å². The number of ether oxygens (including phenoxy) is 2. The summed E-state index contributed by atoms with van der Waals surface area (Å²) in [6.07, 6.45) is 10.5. The van der Waals surface area contributed by atoms with Gasteiger partial charge in [-0.2, -0.15) is 0 Å². The molecule has 1 N–H and O–H groups in total. The van der Waals surface area contributed by atoms with Crippen molar-refractivity contribution < 1.29 is 22.7 Å². The van der Waals surface area contributed by atoms with Gasteiger partial charge in [-0.15, -0.1) is 0 Å². The Hall–Kier alpha value is -2.55. The zero-order valence-corrected chi connectivity index (χ0v) is 27.6. The van der Waals surface area contributed by atoms with Crippen molar-refractivity contribution in [2.24, 2.45) is 11.8 Å². The van der Waals surface area contributed by atoms with Gasteiger partial charge in [0.25, 0.3) is 5.91 Å². The molecule has 3 aliphatic rings. The summed E-state index contributed by atoms with van der Waals surface area (Å²) in [6.45, 7) is 9.43. The van der Waals surface area contributed by atoms with Crippen molar-refractivity contribution in [2.45, 2.75) is 82.5 Å². The van der Waals surface area contributed by atoms with Crippen molar-refractivity contribution >= 4 is 33.2 Å². The summed E-state index contributed by atoms with van der Waals surface area (Å²) in [5.41, 5.74) is 3.06. The minimum absolute atomic E-state index is 0.244. The molecule has 234 valence electrons. The van der Waals surface area contributed by atoms with Crippen molar-refractivity contribution in [1.29, 1.82) is 0 Å². The Kier molecular flexibility index (Phi) is 9.22. The number of carbonyl (C=O) groups is 1. The number of fused-ring (bicyclic) bond motifs is 3. The second-order valence-corrected chi connectivity index (χ2v) is 15.6. The van der Waals surface area contributed by atoms with E-state index in [9.17, 15) is 13.2 Å². The average molecular weight is 629 g/mol. The molecule has 0 radical (unpaired) electrons. The second kappa shape index (κ2) is 12.4. The maximum absolute atomic E-state index is 13.2. The van der Waals surface area contributed by atoms with E-state index >= 15 is 0 Å². The molecule has 7 nitrogen and oxygen atoms in total. The summed E-state index contributed by atoms with van der Waals surface area (Å²) in [4.78, 5) is 15.5. The number of anilines is 1. The fourth-order valence-corrected chi connectivity index (χ4v) is 7.89. The summed E-state index contributed by atoms with van der Waals surface area (Å²) in [5.74, 6) is 0.800. The van der Waals surface area contributed by atoms with Crippen molar-refractivity contribution in [3.8, 4) is 5.75 Å². The lowest BCUT2D eigenvalue weighted by Crippen LogP contribution is -2.52. The van der Waals surface area contributed by atoms with Gasteiger partial charge in [-0.3, -0.25) is 4.79 Å². The van der Waals surface area contributed by atoms with E-state index in [1.807, 2.05) is 12.1 Å². The molecule has 0 saturated heterocycles. The average Bonchev–Trinajstić information content (AvgIpc) is 3.10. The quantitative estimate of drug-likeness (QED) is 0.312. The van der Waals surface area contributed by atoms with Crippen molar-refractivity contribution in [3.63, 3.8) is 0 Å². The third kappa shape index (κ3) is 6.34. The van der Waals surface area contributed by atoms with Crippen LogP contribution < -0.4 is 14.4 Å². The van der Waals surface area contributed by atoms with Crippen LogP contribution in [0.3, 0.4) is 0 Å². The zero-order chi connectivity index (χ0) is 31.0. The minimum atomic E-state index is -3.77.